The fraction of sp³-hybridized carbons (Fsp3) is 0.562. The fourth-order valence-electron chi connectivity index (χ4n) is 3.00. The molecule has 1 saturated heterocycles. The molecule has 2 rings (SSSR count). The normalized spacial score (nSPS) is 22.5. The summed E-state index contributed by atoms with van der Waals surface area (Å²) in [4.78, 5) is 14.3. The van der Waals surface area contributed by atoms with E-state index in [0.29, 0.717) is 11.8 Å². The number of hydrogen-bond acceptors (Lipinski definition) is 3. The summed E-state index contributed by atoms with van der Waals surface area (Å²) in [5, 5.41) is 0. The van der Waals surface area contributed by atoms with E-state index in [4.69, 9.17) is 0 Å². The molecule has 1 aromatic carbocycles. The van der Waals surface area contributed by atoms with Gasteiger partial charge in [-0.1, -0.05) is 32.0 Å². The Balaban J connectivity index is 1.84. The summed E-state index contributed by atoms with van der Waals surface area (Å²) >= 11 is 0. The van der Waals surface area contributed by atoms with Crippen molar-refractivity contribution in [2.24, 2.45) is 11.8 Å². The average Bonchev–Trinajstić information content (AvgIpc) is 2.47. The Morgan fingerprint density at radius 1 is 1.18 bits per heavy atom. The van der Waals surface area contributed by atoms with Gasteiger partial charge in [-0.05, 0) is 30.4 Å². The van der Waals surface area contributed by atoms with Crippen molar-refractivity contribution >= 4 is 15.9 Å². The number of amides is 1. The smallest absolute Gasteiger partial charge is 0.240 e. The highest BCUT2D eigenvalue weighted by atomic mass is 32.2. The van der Waals surface area contributed by atoms with Crippen LogP contribution in [0.25, 0.3) is 0 Å². The summed E-state index contributed by atoms with van der Waals surface area (Å²) in [7, 11) is -3.53. The number of carbonyl (C=O) groups is 1. The van der Waals surface area contributed by atoms with Gasteiger partial charge in [-0.3, -0.25) is 4.79 Å². The summed E-state index contributed by atoms with van der Waals surface area (Å²) < 4.78 is 26.6. The Kier molecular flexibility index (Phi) is 5.58. The zero-order valence-electron chi connectivity index (χ0n) is 13.2. The maximum absolute atomic E-state index is 12.2. The lowest BCUT2D eigenvalue weighted by atomic mass is 9.92. The highest BCUT2D eigenvalue weighted by Crippen LogP contribution is 2.21. The van der Waals surface area contributed by atoms with Crippen LogP contribution in [-0.4, -0.2) is 38.9 Å². The topological polar surface area (TPSA) is 66.5 Å². The summed E-state index contributed by atoms with van der Waals surface area (Å²) in [5.41, 5.74) is 0. The molecule has 1 aliphatic rings. The molecule has 0 radical (unpaired) electrons. The Hall–Kier alpha value is -1.40. The van der Waals surface area contributed by atoms with Gasteiger partial charge in [0.1, 0.15) is 0 Å². The predicted octanol–water partition coefficient (Wildman–Crippen LogP) is 1.86. The van der Waals surface area contributed by atoms with Gasteiger partial charge < -0.3 is 4.90 Å². The zero-order valence-corrected chi connectivity index (χ0v) is 14.0. The molecular weight excluding hydrogens is 300 g/mol. The van der Waals surface area contributed by atoms with Gasteiger partial charge in [0.2, 0.25) is 15.9 Å². The summed E-state index contributed by atoms with van der Waals surface area (Å²) in [6.45, 7) is 5.97. The second-order valence-corrected chi connectivity index (χ2v) is 7.97. The van der Waals surface area contributed by atoms with Crippen molar-refractivity contribution < 1.29 is 13.2 Å². The maximum atomic E-state index is 12.2. The van der Waals surface area contributed by atoms with Gasteiger partial charge in [0, 0.05) is 26.1 Å². The molecule has 122 valence electrons. The van der Waals surface area contributed by atoms with E-state index >= 15 is 0 Å². The van der Waals surface area contributed by atoms with Crippen LogP contribution in [-0.2, 0) is 14.8 Å². The lowest BCUT2D eigenvalue weighted by Crippen LogP contribution is -2.43. The predicted molar refractivity (Wildman–Crippen MR) is 85.8 cm³/mol. The van der Waals surface area contributed by atoms with Crippen LogP contribution >= 0.6 is 0 Å². The maximum Gasteiger partial charge on any atom is 0.240 e. The summed E-state index contributed by atoms with van der Waals surface area (Å²) in [6, 6.07) is 8.20. The fourth-order valence-corrected chi connectivity index (χ4v) is 4.05. The molecule has 0 bridgehead atoms. The molecule has 0 saturated carbocycles. The first-order chi connectivity index (χ1) is 10.4. The Morgan fingerprint density at radius 3 is 2.36 bits per heavy atom. The lowest BCUT2D eigenvalue weighted by Gasteiger charge is -2.35. The van der Waals surface area contributed by atoms with Gasteiger partial charge in [-0.25, -0.2) is 13.1 Å². The SMILES string of the molecule is CC1CC(C)CN(C(=O)CCNS(=O)(=O)c2ccccc2)C1. The van der Waals surface area contributed by atoms with Crippen molar-refractivity contribution in [1.82, 2.24) is 9.62 Å². The van der Waals surface area contributed by atoms with E-state index < -0.39 is 10.0 Å². The van der Waals surface area contributed by atoms with E-state index in [1.54, 1.807) is 18.2 Å². The van der Waals surface area contributed by atoms with E-state index in [9.17, 15) is 13.2 Å². The van der Waals surface area contributed by atoms with Gasteiger partial charge >= 0.3 is 0 Å². The van der Waals surface area contributed by atoms with Gasteiger partial charge in [0.15, 0.2) is 0 Å². The standard InChI is InChI=1S/C16H24N2O3S/c1-13-10-14(2)12-18(11-13)16(19)8-9-17-22(20,21)15-6-4-3-5-7-15/h3-7,13-14,17H,8-12H2,1-2H3. The molecule has 0 spiro atoms. The monoisotopic (exact) mass is 324 g/mol. The van der Waals surface area contributed by atoms with Crippen molar-refractivity contribution in [2.75, 3.05) is 19.6 Å². The number of nitrogens with one attached hydrogen (secondary N) is 1. The van der Waals surface area contributed by atoms with Crippen LogP contribution in [0.5, 0.6) is 0 Å². The number of benzene rings is 1. The molecule has 1 aromatic rings. The number of carbonyl (C=O) groups excluding carboxylic acids is 1. The summed E-state index contributed by atoms with van der Waals surface area (Å²) in [5.74, 6) is 1.04. The first-order valence-corrected chi connectivity index (χ1v) is 9.19. The number of nitrogens with zero attached hydrogens (tertiary/aromatic N) is 1. The molecule has 1 aliphatic heterocycles. The molecule has 1 fully saturated rings. The van der Waals surface area contributed by atoms with Crippen molar-refractivity contribution in [3.63, 3.8) is 0 Å². The first kappa shape index (κ1) is 17.0. The van der Waals surface area contributed by atoms with E-state index in [1.165, 1.54) is 12.1 Å². The van der Waals surface area contributed by atoms with Crippen LogP contribution in [0.1, 0.15) is 26.7 Å². The van der Waals surface area contributed by atoms with Crippen molar-refractivity contribution in [1.29, 1.82) is 0 Å². The third kappa shape index (κ3) is 4.55. The number of likely N-dealkylation sites (tertiary alicyclic amines) is 1. The minimum Gasteiger partial charge on any atom is -0.342 e. The van der Waals surface area contributed by atoms with Gasteiger partial charge in [0.25, 0.3) is 0 Å². The van der Waals surface area contributed by atoms with E-state index in [2.05, 4.69) is 18.6 Å². The number of sulfonamides is 1. The molecule has 2 unspecified atom stereocenters. The third-order valence-corrected chi connectivity index (χ3v) is 5.38. The second-order valence-electron chi connectivity index (χ2n) is 6.21. The molecule has 2 atom stereocenters. The average molecular weight is 324 g/mol. The Morgan fingerprint density at radius 2 is 1.77 bits per heavy atom. The van der Waals surface area contributed by atoms with E-state index in [1.807, 2.05) is 4.90 Å². The molecule has 1 amide bonds. The molecule has 0 aromatic heterocycles. The highest BCUT2D eigenvalue weighted by Gasteiger charge is 2.25. The highest BCUT2D eigenvalue weighted by molar-refractivity contribution is 7.89. The molecule has 5 nitrogen and oxygen atoms in total. The van der Waals surface area contributed by atoms with Crippen LogP contribution < -0.4 is 4.72 Å². The molecular formula is C16H24N2O3S. The number of piperidine rings is 1. The Bertz CT molecular complexity index is 591. The summed E-state index contributed by atoms with van der Waals surface area (Å²) in [6.07, 6.45) is 1.34. The van der Waals surface area contributed by atoms with Crippen LogP contribution in [0.4, 0.5) is 0 Å². The van der Waals surface area contributed by atoms with E-state index in [-0.39, 0.29) is 23.8 Å². The quantitative estimate of drug-likeness (QED) is 0.899. The van der Waals surface area contributed by atoms with Gasteiger partial charge in [-0.2, -0.15) is 0 Å². The van der Waals surface area contributed by atoms with Crippen LogP contribution in [0.3, 0.4) is 0 Å². The Labute approximate surface area is 132 Å². The molecule has 0 aliphatic carbocycles. The first-order valence-electron chi connectivity index (χ1n) is 7.71. The molecule has 22 heavy (non-hydrogen) atoms. The number of hydrogen-bond donors (Lipinski definition) is 1. The van der Waals surface area contributed by atoms with Crippen LogP contribution in [0.2, 0.25) is 0 Å². The van der Waals surface area contributed by atoms with E-state index in [0.717, 1.165) is 19.5 Å². The van der Waals surface area contributed by atoms with Crippen molar-refractivity contribution in [2.45, 2.75) is 31.6 Å². The minimum absolute atomic E-state index is 0.0224. The minimum atomic E-state index is -3.53. The van der Waals surface area contributed by atoms with Crippen LogP contribution in [0, 0.1) is 11.8 Å². The van der Waals surface area contributed by atoms with Gasteiger partial charge in [-0.15, -0.1) is 0 Å². The van der Waals surface area contributed by atoms with Crippen molar-refractivity contribution in [3.8, 4) is 0 Å². The number of rotatable bonds is 5. The molecule has 1 heterocycles. The largest absolute Gasteiger partial charge is 0.342 e. The van der Waals surface area contributed by atoms with Crippen LogP contribution in [0.15, 0.2) is 35.2 Å². The van der Waals surface area contributed by atoms with Crippen molar-refractivity contribution in [3.05, 3.63) is 30.3 Å². The lowest BCUT2D eigenvalue weighted by molar-refractivity contribution is -0.133. The third-order valence-electron chi connectivity index (χ3n) is 3.91. The molecule has 1 N–H and O–H groups in total. The molecule has 6 heteroatoms. The zero-order chi connectivity index (χ0) is 16.2. The second kappa shape index (κ2) is 7.24. The van der Waals surface area contributed by atoms with Gasteiger partial charge in [0.05, 0.1) is 4.90 Å².